The van der Waals surface area contributed by atoms with Gasteiger partial charge in [-0.05, 0) is 37.0 Å². The summed E-state index contributed by atoms with van der Waals surface area (Å²) in [5, 5.41) is 0. The summed E-state index contributed by atoms with van der Waals surface area (Å²) in [5.41, 5.74) is 1.78. The van der Waals surface area contributed by atoms with Crippen LogP contribution in [0.15, 0.2) is 24.3 Å². The van der Waals surface area contributed by atoms with Gasteiger partial charge in [0.25, 0.3) is 0 Å². The van der Waals surface area contributed by atoms with E-state index in [1.165, 1.54) is 10.6 Å². The molecule has 2 rings (SSSR count). The Morgan fingerprint density at radius 3 is 2.27 bits per heavy atom. The first-order valence-electron chi connectivity index (χ1n) is 7.76. The van der Waals surface area contributed by atoms with E-state index in [1.807, 2.05) is 17.0 Å². The molecule has 0 spiro atoms. The topological polar surface area (TPSA) is 57.7 Å². The van der Waals surface area contributed by atoms with Gasteiger partial charge in [0.1, 0.15) is 0 Å². The van der Waals surface area contributed by atoms with Gasteiger partial charge in [-0.25, -0.2) is 8.42 Å². The summed E-state index contributed by atoms with van der Waals surface area (Å²) < 4.78 is 25.4. The zero-order valence-corrected chi connectivity index (χ0v) is 14.1. The van der Waals surface area contributed by atoms with Crippen molar-refractivity contribution in [1.82, 2.24) is 4.90 Å². The highest BCUT2D eigenvalue weighted by Crippen LogP contribution is 2.19. The quantitative estimate of drug-likeness (QED) is 0.804. The van der Waals surface area contributed by atoms with Crippen LogP contribution in [0.25, 0.3) is 0 Å². The molecule has 1 aliphatic rings. The van der Waals surface area contributed by atoms with Crippen LogP contribution in [-0.2, 0) is 21.2 Å². The number of carbonyl (C=O) groups is 1. The van der Waals surface area contributed by atoms with E-state index in [1.54, 1.807) is 12.1 Å². The molecule has 6 heteroatoms. The van der Waals surface area contributed by atoms with Gasteiger partial charge in [-0.2, -0.15) is 0 Å². The summed E-state index contributed by atoms with van der Waals surface area (Å²) in [5.74, 6) is 0.0383. The average molecular weight is 324 g/mol. The van der Waals surface area contributed by atoms with Gasteiger partial charge in [0.05, 0.1) is 11.9 Å². The smallest absolute Gasteiger partial charge is 0.232 e. The van der Waals surface area contributed by atoms with Crippen molar-refractivity contribution in [3.63, 3.8) is 0 Å². The van der Waals surface area contributed by atoms with Crippen molar-refractivity contribution in [3.05, 3.63) is 29.8 Å². The summed E-state index contributed by atoms with van der Waals surface area (Å²) in [7, 11) is -3.39. The predicted molar refractivity (Wildman–Crippen MR) is 88.4 cm³/mol. The van der Waals surface area contributed by atoms with Crippen molar-refractivity contribution < 1.29 is 13.2 Å². The number of benzene rings is 1. The molecular formula is C16H24N2O3S. The molecule has 0 aromatic heterocycles. The molecule has 22 heavy (non-hydrogen) atoms. The predicted octanol–water partition coefficient (Wildman–Crippen LogP) is 2.03. The van der Waals surface area contributed by atoms with Crippen molar-refractivity contribution in [2.75, 3.05) is 30.2 Å². The van der Waals surface area contributed by atoms with Crippen LogP contribution in [0.5, 0.6) is 0 Å². The fraction of sp³-hybridized carbons (Fsp3) is 0.562. The lowest BCUT2D eigenvalue weighted by Gasteiger charge is -2.24. The summed E-state index contributed by atoms with van der Waals surface area (Å²) >= 11 is 0. The van der Waals surface area contributed by atoms with Gasteiger partial charge < -0.3 is 4.90 Å². The zero-order chi connectivity index (χ0) is 16.2. The molecule has 5 nitrogen and oxygen atoms in total. The molecule has 0 saturated carbocycles. The molecule has 1 heterocycles. The van der Waals surface area contributed by atoms with E-state index < -0.39 is 10.0 Å². The van der Waals surface area contributed by atoms with Crippen LogP contribution in [0.4, 0.5) is 5.69 Å². The molecule has 0 aliphatic carbocycles. The van der Waals surface area contributed by atoms with E-state index in [0.717, 1.165) is 37.9 Å². The van der Waals surface area contributed by atoms with E-state index in [9.17, 15) is 13.2 Å². The Balaban J connectivity index is 2.07. The summed E-state index contributed by atoms with van der Waals surface area (Å²) in [6.45, 7) is 3.84. The average Bonchev–Trinajstić information content (AvgIpc) is 3.01. The van der Waals surface area contributed by atoms with Crippen LogP contribution in [0.1, 0.15) is 31.7 Å². The Morgan fingerprint density at radius 1 is 1.18 bits per heavy atom. The van der Waals surface area contributed by atoms with E-state index >= 15 is 0 Å². The highest BCUT2D eigenvalue weighted by molar-refractivity contribution is 7.92. The zero-order valence-electron chi connectivity index (χ0n) is 13.3. The number of amides is 1. The van der Waals surface area contributed by atoms with Gasteiger partial charge in [-0.3, -0.25) is 9.10 Å². The summed E-state index contributed by atoms with van der Waals surface area (Å²) in [6.07, 6.45) is 4.40. The van der Waals surface area contributed by atoms with Crippen molar-refractivity contribution in [2.45, 2.75) is 32.6 Å². The molecule has 1 aliphatic heterocycles. The lowest BCUT2D eigenvalue weighted by Crippen LogP contribution is -2.35. The number of carbonyl (C=O) groups excluding carboxylic acids is 1. The second-order valence-corrected chi connectivity index (χ2v) is 7.60. The van der Waals surface area contributed by atoms with Crippen LogP contribution in [-0.4, -0.2) is 45.1 Å². The minimum absolute atomic E-state index is 0.0383. The van der Waals surface area contributed by atoms with Crippen molar-refractivity contribution >= 4 is 21.6 Å². The number of rotatable bonds is 6. The lowest BCUT2D eigenvalue weighted by molar-refractivity contribution is -0.129. The van der Waals surface area contributed by atoms with Crippen LogP contribution in [0.3, 0.4) is 0 Å². The van der Waals surface area contributed by atoms with Crippen LogP contribution in [0, 0.1) is 0 Å². The molecule has 0 unspecified atom stereocenters. The third-order valence-corrected chi connectivity index (χ3v) is 5.21. The molecule has 1 aromatic rings. The highest BCUT2D eigenvalue weighted by Gasteiger charge is 2.22. The van der Waals surface area contributed by atoms with Crippen LogP contribution >= 0.6 is 0 Å². The molecule has 0 atom stereocenters. The van der Waals surface area contributed by atoms with E-state index in [0.29, 0.717) is 5.69 Å². The summed E-state index contributed by atoms with van der Waals surface area (Å²) in [6, 6.07) is 7.46. The number of hydrogen-bond acceptors (Lipinski definition) is 3. The monoisotopic (exact) mass is 324 g/mol. The number of likely N-dealkylation sites (tertiary alicyclic amines) is 1. The molecule has 0 N–H and O–H groups in total. The van der Waals surface area contributed by atoms with Gasteiger partial charge in [0, 0.05) is 26.1 Å². The fourth-order valence-corrected chi connectivity index (χ4v) is 3.63. The fourth-order valence-electron chi connectivity index (χ4n) is 2.71. The largest absolute Gasteiger partial charge is 0.343 e. The van der Waals surface area contributed by atoms with Crippen LogP contribution in [0.2, 0.25) is 0 Å². The maximum absolute atomic E-state index is 12.1. The van der Waals surface area contributed by atoms with Crippen molar-refractivity contribution in [3.8, 4) is 0 Å². The van der Waals surface area contributed by atoms with Gasteiger partial charge in [-0.15, -0.1) is 0 Å². The lowest BCUT2D eigenvalue weighted by atomic mass is 10.1. The normalized spacial score (nSPS) is 15.1. The molecule has 0 radical (unpaired) electrons. The molecule has 122 valence electrons. The molecule has 1 fully saturated rings. The number of aryl methyl sites for hydroxylation is 1. The third-order valence-electron chi connectivity index (χ3n) is 4.02. The van der Waals surface area contributed by atoms with Crippen molar-refractivity contribution in [2.24, 2.45) is 0 Å². The molecule has 1 amide bonds. The first-order chi connectivity index (χ1) is 10.4. The first kappa shape index (κ1) is 16.8. The molecule has 1 aromatic carbocycles. The van der Waals surface area contributed by atoms with E-state index in [2.05, 4.69) is 6.92 Å². The second kappa shape index (κ2) is 7.13. The Hall–Kier alpha value is -1.56. The maximum atomic E-state index is 12.1. The Bertz CT molecular complexity index is 605. The third kappa shape index (κ3) is 4.22. The van der Waals surface area contributed by atoms with Crippen molar-refractivity contribution in [1.29, 1.82) is 0 Å². The number of sulfonamides is 1. The van der Waals surface area contributed by atoms with Gasteiger partial charge in [0.15, 0.2) is 0 Å². The first-order valence-corrected chi connectivity index (χ1v) is 9.61. The van der Waals surface area contributed by atoms with E-state index in [-0.39, 0.29) is 18.9 Å². The van der Waals surface area contributed by atoms with Crippen LogP contribution < -0.4 is 4.31 Å². The minimum Gasteiger partial charge on any atom is -0.343 e. The number of nitrogens with zero attached hydrogens (tertiary/aromatic N) is 2. The van der Waals surface area contributed by atoms with E-state index in [4.69, 9.17) is 0 Å². The maximum Gasteiger partial charge on any atom is 0.232 e. The highest BCUT2D eigenvalue weighted by atomic mass is 32.2. The van der Waals surface area contributed by atoms with Gasteiger partial charge >= 0.3 is 0 Å². The SMILES string of the molecule is CCc1ccc(N(CCC(=O)N2CCCC2)S(C)(=O)=O)cc1. The standard InChI is InChI=1S/C16H24N2O3S/c1-3-14-6-8-15(9-7-14)18(22(2,20)21)13-10-16(19)17-11-4-5-12-17/h6-9H,3-5,10-13H2,1-2H3. The Morgan fingerprint density at radius 2 is 1.77 bits per heavy atom. The molecule has 0 bridgehead atoms. The number of anilines is 1. The summed E-state index contributed by atoms with van der Waals surface area (Å²) in [4.78, 5) is 13.9. The Labute approximate surface area is 133 Å². The number of hydrogen-bond donors (Lipinski definition) is 0. The van der Waals surface area contributed by atoms with Gasteiger partial charge in [-0.1, -0.05) is 19.1 Å². The van der Waals surface area contributed by atoms with Gasteiger partial charge in [0.2, 0.25) is 15.9 Å². The minimum atomic E-state index is -3.39. The molecular weight excluding hydrogens is 300 g/mol. The second-order valence-electron chi connectivity index (χ2n) is 5.69. The Kier molecular flexibility index (Phi) is 5.45. The molecule has 1 saturated heterocycles.